The molecular weight excluding hydrogens is 448 g/mol. The molecule has 34 heavy (non-hydrogen) atoms. The van der Waals surface area contributed by atoms with Crippen LogP contribution < -0.4 is 20.5 Å². The third kappa shape index (κ3) is 4.28. The Morgan fingerprint density at radius 3 is 2.62 bits per heavy atom. The van der Waals surface area contributed by atoms with E-state index in [2.05, 4.69) is 10.2 Å². The molecule has 1 atom stereocenters. The van der Waals surface area contributed by atoms with Crippen LogP contribution in [0.15, 0.2) is 64.8 Å². The van der Waals surface area contributed by atoms with Crippen molar-refractivity contribution in [2.24, 2.45) is 5.92 Å². The molecule has 1 aliphatic heterocycles. The number of aryl methyl sites for hydroxylation is 1. The minimum atomic E-state index is -0.211. The van der Waals surface area contributed by atoms with Gasteiger partial charge in [0.2, 0.25) is 11.9 Å². The summed E-state index contributed by atoms with van der Waals surface area (Å²) in [6, 6.07) is 17.1. The summed E-state index contributed by atoms with van der Waals surface area (Å²) in [5.74, 6) is 1.08. The SMILES string of the molecule is COc1ccc(NC(=O)[C@@H]2CCCN(c3nc4ccsc4c(=O)n3-c3ccc(C)cc3)C2)cc1. The molecule has 5 rings (SSSR count). The number of nitrogens with zero attached hydrogens (tertiary/aromatic N) is 3. The van der Waals surface area contributed by atoms with Gasteiger partial charge in [-0.05, 0) is 67.6 Å². The Kier molecular flexibility index (Phi) is 6.06. The lowest BCUT2D eigenvalue weighted by atomic mass is 9.97. The van der Waals surface area contributed by atoms with Crippen LogP contribution in [0.2, 0.25) is 0 Å². The minimum absolute atomic E-state index is 0.0317. The molecule has 2 aromatic heterocycles. The van der Waals surface area contributed by atoms with Gasteiger partial charge in [0.1, 0.15) is 10.4 Å². The van der Waals surface area contributed by atoms with E-state index < -0.39 is 0 Å². The molecule has 0 saturated carbocycles. The highest BCUT2D eigenvalue weighted by atomic mass is 32.1. The van der Waals surface area contributed by atoms with Gasteiger partial charge >= 0.3 is 0 Å². The fraction of sp³-hybridized carbons (Fsp3) is 0.269. The van der Waals surface area contributed by atoms with Gasteiger partial charge in [0, 0.05) is 18.8 Å². The summed E-state index contributed by atoms with van der Waals surface area (Å²) in [5, 5.41) is 4.91. The molecule has 0 aliphatic carbocycles. The molecule has 1 N–H and O–H groups in total. The first-order chi connectivity index (χ1) is 16.5. The lowest BCUT2D eigenvalue weighted by Crippen LogP contribution is -2.43. The predicted molar refractivity (Wildman–Crippen MR) is 137 cm³/mol. The van der Waals surface area contributed by atoms with Gasteiger partial charge in [-0.1, -0.05) is 17.7 Å². The molecule has 7 nitrogen and oxygen atoms in total. The molecule has 1 aliphatic rings. The number of rotatable bonds is 5. The van der Waals surface area contributed by atoms with E-state index in [0.29, 0.717) is 22.7 Å². The molecule has 4 aromatic rings. The van der Waals surface area contributed by atoms with Gasteiger partial charge in [0.25, 0.3) is 5.56 Å². The van der Waals surface area contributed by atoms with Crippen molar-refractivity contribution in [2.45, 2.75) is 19.8 Å². The van der Waals surface area contributed by atoms with Crippen LogP contribution in [0, 0.1) is 12.8 Å². The summed E-state index contributed by atoms with van der Waals surface area (Å²) in [7, 11) is 1.61. The number of ether oxygens (including phenoxy) is 1. The zero-order valence-electron chi connectivity index (χ0n) is 19.2. The zero-order chi connectivity index (χ0) is 23.7. The van der Waals surface area contributed by atoms with Crippen molar-refractivity contribution in [2.75, 3.05) is 30.4 Å². The van der Waals surface area contributed by atoms with E-state index in [9.17, 15) is 9.59 Å². The Labute approximate surface area is 201 Å². The Morgan fingerprint density at radius 2 is 1.88 bits per heavy atom. The van der Waals surface area contributed by atoms with E-state index in [-0.39, 0.29) is 17.4 Å². The van der Waals surface area contributed by atoms with Crippen molar-refractivity contribution < 1.29 is 9.53 Å². The highest BCUT2D eigenvalue weighted by molar-refractivity contribution is 7.17. The maximum Gasteiger partial charge on any atom is 0.277 e. The van der Waals surface area contributed by atoms with E-state index in [0.717, 1.165) is 42.1 Å². The molecule has 0 spiro atoms. The second-order valence-electron chi connectivity index (χ2n) is 8.53. The summed E-state index contributed by atoms with van der Waals surface area (Å²) >= 11 is 1.40. The van der Waals surface area contributed by atoms with Gasteiger partial charge in [-0.15, -0.1) is 11.3 Å². The lowest BCUT2D eigenvalue weighted by molar-refractivity contribution is -0.120. The monoisotopic (exact) mass is 474 g/mol. The molecule has 8 heteroatoms. The molecule has 0 unspecified atom stereocenters. The van der Waals surface area contributed by atoms with Gasteiger partial charge < -0.3 is 15.0 Å². The van der Waals surface area contributed by atoms with E-state index in [1.807, 2.05) is 66.9 Å². The normalized spacial score (nSPS) is 15.9. The van der Waals surface area contributed by atoms with Crippen molar-refractivity contribution in [1.29, 1.82) is 0 Å². The number of amides is 1. The van der Waals surface area contributed by atoms with Gasteiger partial charge in [-0.25, -0.2) is 9.55 Å². The van der Waals surface area contributed by atoms with E-state index >= 15 is 0 Å². The van der Waals surface area contributed by atoms with Gasteiger partial charge in [0.15, 0.2) is 0 Å². The van der Waals surface area contributed by atoms with Crippen LogP contribution in [0.25, 0.3) is 15.9 Å². The maximum absolute atomic E-state index is 13.5. The van der Waals surface area contributed by atoms with Gasteiger partial charge in [-0.3, -0.25) is 9.59 Å². The first-order valence-corrected chi connectivity index (χ1v) is 12.2. The number of carbonyl (C=O) groups is 1. The molecule has 3 heterocycles. The van der Waals surface area contributed by atoms with Crippen molar-refractivity contribution in [3.63, 3.8) is 0 Å². The number of hydrogen-bond donors (Lipinski definition) is 1. The smallest absolute Gasteiger partial charge is 0.277 e. The number of hydrogen-bond acceptors (Lipinski definition) is 6. The van der Waals surface area contributed by atoms with E-state index in [1.165, 1.54) is 11.3 Å². The lowest BCUT2D eigenvalue weighted by Gasteiger charge is -2.34. The Morgan fingerprint density at radius 1 is 1.12 bits per heavy atom. The fourth-order valence-corrected chi connectivity index (χ4v) is 5.09. The molecule has 0 radical (unpaired) electrons. The number of nitrogens with one attached hydrogen (secondary N) is 1. The summed E-state index contributed by atoms with van der Waals surface area (Å²) < 4.78 is 7.51. The van der Waals surface area contributed by atoms with Crippen LogP contribution in [0.4, 0.5) is 11.6 Å². The van der Waals surface area contributed by atoms with E-state index in [4.69, 9.17) is 9.72 Å². The number of anilines is 2. The fourth-order valence-electron chi connectivity index (χ4n) is 4.33. The average molecular weight is 475 g/mol. The number of carbonyl (C=O) groups excluding carboxylic acids is 1. The zero-order valence-corrected chi connectivity index (χ0v) is 20.0. The topological polar surface area (TPSA) is 76.5 Å². The summed E-state index contributed by atoms with van der Waals surface area (Å²) in [6.07, 6.45) is 1.63. The van der Waals surface area contributed by atoms with Crippen LogP contribution in [0.3, 0.4) is 0 Å². The number of methoxy groups -OCH3 is 1. The Hall–Kier alpha value is -3.65. The number of thiophene rings is 1. The number of benzene rings is 2. The molecule has 1 fully saturated rings. The highest BCUT2D eigenvalue weighted by Gasteiger charge is 2.29. The van der Waals surface area contributed by atoms with Gasteiger partial charge in [0.05, 0.1) is 24.2 Å². The van der Waals surface area contributed by atoms with Crippen LogP contribution in [0.1, 0.15) is 18.4 Å². The standard InChI is InChI=1S/C26H26N4O3S/c1-17-5-9-20(10-6-17)30-25(32)23-22(13-15-34-23)28-26(30)29-14-3-4-18(16-29)24(31)27-19-7-11-21(33-2)12-8-19/h5-13,15,18H,3-4,14,16H2,1-2H3,(H,27,31)/t18-/m1/s1. The number of fused-ring (bicyclic) bond motifs is 1. The van der Waals surface area contributed by atoms with Crippen molar-refractivity contribution in [1.82, 2.24) is 9.55 Å². The molecule has 2 aromatic carbocycles. The molecular formula is C26H26N4O3S. The Balaban J connectivity index is 1.45. The maximum atomic E-state index is 13.5. The molecule has 0 bridgehead atoms. The second kappa shape index (κ2) is 9.30. The van der Waals surface area contributed by atoms with Crippen molar-refractivity contribution in [3.8, 4) is 11.4 Å². The van der Waals surface area contributed by atoms with Crippen LogP contribution >= 0.6 is 11.3 Å². The largest absolute Gasteiger partial charge is 0.497 e. The third-order valence-electron chi connectivity index (χ3n) is 6.19. The quantitative estimate of drug-likeness (QED) is 0.457. The van der Waals surface area contributed by atoms with Crippen molar-refractivity contribution >= 4 is 39.1 Å². The Bertz CT molecular complexity index is 1380. The average Bonchev–Trinajstić information content (AvgIpc) is 3.34. The molecule has 174 valence electrons. The van der Waals surface area contributed by atoms with Crippen LogP contribution in [-0.2, 0) is 4.79 Å². The van der Waals surface area contributed by atoms with Crippen LogP contribution in [0.5, 0.6) is 5.75 Å². The number of piperidine rings is 1. The van der Waals surface area contributed by atoms with Gasteiger partial charge in [-0.2, -0.15) is 0 Å². The highest BCUT2D eigenvalue weighted by Crippen LogP contribution is 2.27. The first-order valence-electron chi connectivity index (χ1n) is 11.3. The number of aromatic nitrogens is 2. The van der Waals surface area contributed by atoms with E-state index in [1.54, 1.807) is 11.7 Å². The second-order valence-corrected chi connectivity index (χ2v) is 9.44. The molecule has 1 saturated heterocycles. The third-order valence-corrected chi connectivity index (χ3v) is 7.08. The van der Waals surface area contributed by atoms with Crippen LogP contribution in [-0.4, -0.2) is 35.7 Å². The summed E-state index contributed by atoms with van der Waals surface area (Å²) in [4.78, 5) is 33.5. The molecule has 1 amide bonds. The first kappa shape index (κ1) is 22.2. The minimum Gasteiger partial charge on any atom is -0.497 e. The predicted octanol–water partition coefficient (Wildman–Crippen LogP) is 4.62. The summed E-state index contributed by atoms with van der Waals surface area (Å²) in [6.45, 7) is 3.25. The van der Waals surface area contributed by atoms with Crippen molar-refractivity contribution in [3.05, 3.63) is 75.9 Å². The summed E-state index contributed by atoms with van der Waals surface area (Å²) in [5.41, 5.74) is 3.24.